The normalized spacial score (nSPS) is 10.0. The number of amides is 2. The number of ether oxygens (including phenoxy) is 4. The first-order chi connectivity index (χ1) is 12.5. The Kier molecular flexibility index (Phi) is 5.90. The first kappa shape index (κ1) is 18.9. The number of methoxy groups -OCH3 is 4. The molecule has 8 nitrogen and oxygen atoms in total. The smallest absolute Gasteiger partial charge is 0.321 e. The first-order valence-corrected chi connectivity index (χ1v) is 7.56. The zero-order valence-corrected chi connectivity index (χ0v) is 14.9. The van der Waals surface area contributed by atoms with Gasteiger partial charge in [0.15, 0.2) is 0 Å². The number of hydrogen-bond acceptors (Lipinski definition) is 6. The van der Waals surface area contributed by atoms with Crippen LogP contribution in [0, 0.1) is 0 Å². The third kappa shape index (κ3) is 3.34. The van der Waals surface area contributed by atoms with Gasteiger partial charge in [0.25, 0.3) is 0 Å². The first-order valence-electron chi connectivity index (χ1n) is 7.56. The lowest BCUT2D eigenvalue weighted by molar-refractivity contribution is -0.135. The molecule has 0 aliphatic carbocycles. The Morgan fingerprint density at radius 3 is 1.27 bits per heavy atom. The largest absolute Gasteiger partial charge is 0.494 e. The summed E-state index contributed by atoms with van der Waals surface area (Å²) in [4.78, 5) is 25.6. The molecule has 8 heteroatoms. The molecule has 0 spiro atoms. The Labute approximate surface area is 151 Å². The molecule has 0 bridgehead atoms. The molecule has 2 amide bonds. The molecule has 138 valence electrons. The van der Waals surface area contributed by atoms with E-state index in [9.17, 15) is 9.59 Å². The van der Waals surface area contributed by atoms with Crippen molar-refractivity contribution in [3.05, 3.63) is 36.4 Å². The number of hydrogen-bond donors (Lipinski definition) is 1. The Hall–Kier alpha value is -3.42. The number of nitrogens with zero attached hydrogens (tertiary/aromatic N) is 1. The lowest BCUT2D eigenvalue weighted by Gasteiger charge is -2.27. The van der Waals surface area contributed by atoms with E-state index in [0.717, 1.165) is 4.90 Å². The minimum Gasteiger partial charge on any atom is -0.494 e. The highest BCUT2D eigenvalue weighted by Gasteiger charge is 2.33. The molecule has 0 saturated heterocycles. The van der Waals surface area contributed by atoms with Gasteiger partial charge in [0.2, 0.25) is 0 Å². The number of carbonyl (C=O) groups excluding carboxylic acids is 2. The van der Waals surface area contributed by atoms with Gasteiger partial charge in [0.1, 0.15) is 34.4 Å². The molecule has 2 N–H and O–H groups in total. The van der Waals surface area contributed by atoms with Crippen molar-refractivity contribution in [2.45, 2.75) is 0 Å². The molecule has 26 heavy (non-hydrogen) atoms. The Bertz CT molecular complexity index is 721. The van der Waals surface area contributed by atoms with Crippen LogP contribution < -0.4 is 29.6 Å². The van der Waals surface area contributed by atoms with Gasteiger partial charge in [-0.3, -0.25) is 14.5 Å². The molecule has 2 aromatic carbocycles. The summed E-state index contributed by atoms with van der Waals surface area (Å²) in [7, 11) is 5.74. The molecule has 0 aliphatic rings. The van der Waals surface area contributed by atoms with Crippen LogP contribution in [0.1, 0.15) is 0 Å². The topological polar surface area (TPSA) is 100 Å². The second-order valence-corrected chi connectivity index (χ2v) is 5.03. The highest BCUT2D eigenvalue weighted by molar-refractivity contribution is 6.42. The van der Waals surface area contributed by atoms with Crippen molar-refractivity contribution in [1.82, 2.24) is 0 Å². The van der Waals surface area contributed by atoms with Gasteiger partial charge >= 0.3 is 11.8 Å². The maximum Gasteiger partial charge on any atom is 0.321 e. The summed E-state index contributed by atoms with van der Waals surface area (Å²) in [5.41, 5.74) is 5.68. The van der Waals surface area contributed by atoms with E-state index in [1.165, 1.54) is 28.4 Å². The zero-order valence-electron chi connectivity index (χ0n) is 14.9. The third-order valence-electron chi connectivity index (χ3n) is 3.66. The standard InChI is InChI=1S/C18H20N2O6/c1-23-11-7-5-8-12(24-2)15(11)20(18(22)17(19)21)16-13(25-3)9-6-10-14(16)26-4/h5-10H,1-4H3,(H2,19,21). The predicted molar refractivity (Wildman–Crippen MR) is 95.4 cm³/mol. The fourth-order valence-electron chi connectivity index (χ4n) is 2.53. The molecule has 0 aromatic heterocycles. The molecular formula is C18H20N2O6. The van der Waals surface area contributed by atoms with Gasteiger partial charge in [0.05, 0.1) is 28.4 Å². The van der Waals surface area contributed by atoms with E-state index in [1.807, 2.05) is 0 Å². The van der Waals surface area contributed by atoms with Gasteiger partial charge in [-0.2, -0.15) is 0 Å². The maximum absolute atomic E-state index is 12.7. The van der Waals surface area contributed by atoms with E-state index in [-0.39, 0.29) is 11.4 Å². The molecule has 0 radical (unpaired) electrons. The number of para-hydroxylation sites is 2. The van der Waals surface area contributed by atoms with E-state index in [4.69, 9.17) is 24.7 Å². The Balaban J connectivity index is 2.89. The highest BCUT2D eigenvalue weighted by Crippen LogP contribution is 2.47. The van der Waals surface area contributed by atoms with Crippen molar-refractivity contribution < 1.29 is 28.5 Å². The molecular weight excluding hydrogens is 340 g/mol. The molecule has 2 aromatic rings. The maximum atomic E-state index is 12.7. The molecule has 0 unspecified atom stereocenters. The van der Waals surface area contributed by atoms with Crippen LogP contribution in [0.4, 0.5) is 11.4 Å². The second-order valence-electron chi connectivity index (χ2n) is 5.03. The van der Waals surface area contributed by atoms with E-state index >= 15 is 0 Å². The fraction of sp³-hybridized carbons (Fsp3) is 0.222. The quantitative estimate of drug-likeness (QED) is 0.790. The summed E-state index contributed by atoms with van der Waals surface area (Å²) in [5.74, 6) is -0.973. The van der Waals surface area contributed by atoms with E-state index in [1.54, 1.807) is 36.4 Å². The zero-order chi connectivity index (χ0) is 19.3. The second kappa shape index (κ2) is 8.11. The average Bonchev–Trinajstić information content (AvgIpc) is 2.67. The lowest BCUT2D eigenvalue weighted by atomic mass is 10.1. The van der Waals surface area contributed by atoms with Crippen molar-refractivity contribution in [3.63, 3.8) is 0 Å². The van der Waals surface area contributed by atoms with Crippen LogP contribution >= 0.6 is 0 Å². The van der Waals surface area contributed by atoms with E-state index in [0.29, 0.717) is 23.0 Å². The molecule has 0 saturated carbocycles. The molecule has 0 heterocycles. The summed E-state index contributed by atoms with van der Waals surface area (Å²) in [5, 5.41) is 0. The van der Waals surface area contributed by atoms with Gasteiger partial charge in [0, 0.05) is 0 Å². The van der Waals surface area contributed by atoms with E-state index < -0.39 is 11.8 Å². The number of anilines is 2. The van der Waals surface area contributed by atoms with Gasteiger partial charge in [-0.25, -0.2) is 0 Å². The number of nitrogens with two attached hydrogens (primary N) is 1. The van der Waals surface area contributed by atoms with Crippen molar-refractivity contribution in [3.8, 4) is 23.0 Å². The van der Waals surface area contributed by atoms with Crippen LogP contribution in [-0.4, -0.2) is 40.3 Å². The summed E-state index contributed by atoms with van der Waals surface area (Å²) in [6, 6.07) is 9.88. The molecule has 2 rings (SSSR count). The minimum atomic E-state index is -1.16. The van der Waals surface area contributed by atoms with Crippen LogP contribution in [0.25, 0.3) is 0 Å². The van der Waals surface area contributed by atoms with Crippen LogP contribution in [0.2, 0.25) is 0 Å². The van der Waals surface area contributed by atoms with Crippen molar-refractivity contribution >= 4 is 23.2 Å². The summed E-state index contributed by atoms with van der Waals surface area (Å²) in [6.45, 7) is 0. The summed E-state index contributed by atoms with van der Waals surface area (Å²) < 4.78 is 21.4. The van der Waals surface area contributed by atoms with Crippen molar-refractivity contribution in [1.29, 1.82) is 0 Å². The Morgan fingerprint density at radius 1 is 0.731 bits per heavy atom. The van der Waals surface area contributed by atoms with Gasteiger partial charge < -0.3 is 24.7 Å². The van der Waals surface area contributed by atoms with Crippen molar-refractivity contribution in [2.75, 3.05) is 33.3 Å². The van der Waals surface area contributed by atoms with Crippen LogP contribution in [-0.2, 0) is 9.59 Å². The fourth-order valence-corrected chi connectivity index (χ4v) is 2.53. The number of benzene rings is 2. The van der Waals surface area contributed by atoms with E-state index in [2.05, 4.69) is 0 Å². The van der Waals surface area contributed by atoms with Crippen LogP contribution in [0.3, 0.4) is 0 Å². The van der Waals surface area contributed by atoms with Gasteiger partial charge in [-0.15, -0.1) is 0 Å². The summed E-state index contributed by atoms with van der Waals surface area (Å²) in [6.07, 6.45) is 0. The number of rotatable bonds is 6. The Morgan fingerprint density at radius 2 is 1.04 bits per heavy atom. The van der Waals surface area contributed by atoms with Gasteiger partial charge in [-0.1, -0.05) is 12.1 Å². The molecule has 0 aliphatic heterocycles. The SMILES string of the molecule is COc1cccc(OC)c1N(C(=O)C(N)=O)c1c(OC)cccc1OC. The highest BCUT2D eigenvalue weighted by atomic mass is 16.5. The molecule has 0 atom stereocenters. The van der Waals surface area contributed by atoms with Gasteiger partial charge in [-0.05, 0) is 24.3 Å². The third-order valence-corrected chi connectivity index (χ3v) is 3.66. The summed E-state index contributed by atoms with van der Waals surface area (Å²) >= 11 is 0. The van der Waals surface area contributed by atoms with Crippen molar-refractivity contribution in [2.24, 2.45) is 5.73 Å². The van der Waals surface area contributed by atoms with Crippen LogP contribution in [0.15, 0.2) is 36.4 Å². The average molecular weight is 360 g/mol. The monoisotopic (exact) mass is 360 g/mol. The molecule has 0 fully saturated rings. The number of primary amides is 1. The predicted octanol–water partition coefficient (Wildman–Crippen LogP) is 1.87. The number of carbonyl (C=O) groups is 2. The lowest BCUT2D eigenvalue weighted by Crippen LogP contribution is -2.38. The van der Waals surface area contributed by atoms with Crippen LogP contribution in [0.5, 0.6) is 23.0 Å². The minimum absolute atomic E-state index is 0.198.